The summed E-state index contributed by atoms with van der Waals surface area (Å²) in [4.78, 5) is 18.7. The SMILES string of the molecule is C=COC(=O)CF.CC(=O)O. The molecule has 0 spiro atoms. The second-order valence-electron chi connectivity index (χ2n) is 1.31. The van der Waals surface area contributed by atoms with Crippen LogP contribution < -0.4 is 0 Å². The summed E-state index contributed by atoms with van der Waals surface area (Å²) < 4.78 is 15.0. The molecule has 0 aliphatic rings. The molecule has 0 aromatic heterocycles. The van der Waals surface area contributed by atoms with Crippen molar-refractivity contribution in [2.75, 3.05) is 6.67 Å². The lowest BCUT2D eigenvalue weighted by atomic mass is 10.8. The first-order chi connectivity index (χ1) is 5.04. The highest BCUT2D eigenvalue weighted by atomic mass is 19.1. The zero-order chi connectivity index (χ0) is 9.28. The number of hydrogen-bond donors (Lipinski definition) is 1. The molecule has 0 rings (SSSR count). The monoisotopic (exact) mass is 164 g/mol. The van der Waals surface area contributed by atoms with Crippen LogP contribution in [0.2, 0.25) is 0 Å². The van der Waals surface area contributed by atoms with E-state index in [0.29, 0.717) is 0 Å². The van der Waals surface area contributed by atoms with E-state index in [4.69, 9.17) is 9.90 Å². The molecule has 64 valence electrons. The second kappa shape index (κ2) is 8.61. The van der Waals surface area contributed by atoms with Crippen LogP contribution in [0, 0.1) is 0 Å². The Hall–Kier alpha value is -1.39. The standard InChI is InChI=1S/C4H5FO2.C2H4O2/c1-2-7-4(6)3-5;1-2(3)4/h2H,1,3H2;1H3,(H,3,4). The van der Waals surface area contributed by atoms with Gasteiger partial charge in [-0.2, -0.15) is 0 Å². The molecule has 0 radical (unpaired) electrons. The van der Waals surface area contributed by atoms with Gasteiger partial charge in [-0.15, -0.1) is 0 Å². The van der Waals surface area contributed by atoms with Crippen molar-refractivity contribution in [1.82, 2.24) is 0 Å². The van der Waals surface area contributed by atoms with Crippen molar-refractivity contribution in [2.24, 2.45) is 0 Å². The molecule has 0 saturated carbocycles. The lowest BCUT2D eigenvalue weighted by molar-refractivity contribution is -0.139. The number of carboxylic acids is 1. The Labute approximate surface area is 63.3 Å². The zero-order valence-electron chi connectivity index (χ0n) is 6.04. The van der Waals surface area contributed by atoms with Crippen LogP contribution in [0.5, 0.6) is 0 Å². The number of halogens is 1. The number of esters is 1. The Morgan fingerprint density at radius 2 is 2.09 bits per heavy atom. The highest BCUT2D eigenvalue weighted by molar-refractivity contribution is 5.70. The average Bonchev–Trinajstić information content (AvgIpc) is 1.87. The number of carboxylic acid groups (broad SMARTS) is 1. The highest BCUT2D eigenvalue weighted by Gasteiger charge is 1.93. The van der Waals surface area contributed by atoms with Crippen LogP contribution in [0.1, 0.15) is 6.92 Å². The summed E-state index contributed by atoms with van der Waals surface area (Å²) in [5.74, 6) is -1.74. The first-order valence-corrected chi connectivity index (χ1v) is 2.60. The minimum Gasteiger partial charge on any atom is -0.481 e. The largest absolute Gasteiger partial charge is 0.481 e. The van der Waals surface area contributed by atoms with E-state index in [0.717, 1.165) is 13.2 Å². The van der Waals surface area contributed by atoms with Gasteiger partial charge in [0.05, 0.1) is 6.26 Å². The molecule has 0 atom stereocenters. The topological polar surface area (TPSA) is 63.6 Å². The molecule has 0 fully saturated rings. The zero-order valence-corrected chi connectivity index (χ0v) is 6.04. The second-order valence-corrected chi connectivity index (χ2v) is 1.31. The van der Waals surface area contributed by atoms with Crippen molar-refractivity contribution in [3.05, 3.63) is 12.8 Å². The third-order valence-corrected chi connectivity index (χ3v) is 0.324. The molecule has 0 aliphatic carbocycles. The van der Waals surface area contributed by atoms with E-state index in [9.17, 15) is 9.18 Å². The molecule has 0 aromatic rings. The van der Waals surface area contributed by atoms with Gasteiger partial charge in [0.25, 0.3) is 5.97 Å². The Balaban J connectivity index is 0. The van der Waals surface area contributed by atoms with Crippen molar-refractivity contribution in [1.29, 1.82) is 0 Å². The average molecular weight is 164 g/mol. The van der Waals surface area contributed by atoms with E-state index in [1.54, 1.807) is 0 Å². The van der Waals surface area contributed by atoms with Gasteiger partial charge >= 0.3 is 5.97 Å². The fourth-order valence-corrected chi connectivity index (χ4v) is 0.124. The van der Waals surface area contributed by atoms with Crippen LogP contribution in [0.3, 0.4) is 0 Å². The summed E-state index contributed by atoms with van der Waals surface area (Å²) in [6, 6.07) is 0. The van der Waals surface area contributed by atoms with Crippen molar-refractivity contribution in [2.45, 2.75) is 6.92 Å². The molecule has 11 heavy (non-hydrogen) atoms. The van der Waals surface area contributed by atoms with Crippen LogP contribution in [-0.2, 0) is 14.3 Å². The van der Waals surface area contributed by atoms with E-state index in [-0.39, 0.29) is 0 Å². The van der Waals surface area contributed by atoms with Crippen molar-refractivity contribution < 1.29 is 23.8 Å². The lowest BCUT2D eigenvalue weighted by Crippen LogP contribution is -1.99. The van der Waals surface area contributed by atoms with Crippen molar-refractivity contribution in [3.8, 4) is 0 Å². The van der Waals surface area contributed by atoms with E-state index in [1.165, 1.54) is 0 Å². The Bertz CT molecular complexity index is 140. The molecule has 0 aromatic carbocycles. The Kier molecular flexibility index (Phi) is 9.63. The van der Waals surface area contributed by atoms with Crippen LogP contribution in [-0.4, -0.2) is 23.7 Å². The van der Waals surface area contributed by atoms with Crippen LogP contribution in [0.25, 0.3) is 0 Å². The third kappa shape index (κ3) is 28.9. The summed E-state index contributed by atoms with van der Waals surface area (Å²) >= 11 is 0. The van der Waals surface area contributed by atoms with Crippen molar-refractivity contribution >= 4 is 11.9 Å². The molecule has 0 aliphatic heterocycles. The molecule has 1 N–H and O–H groups in total. The number of carbonyl (C=O) groups is 2. The predicted octanol–water partition coefficient (Wildman–Crippen LogP) is 0.734. The normalized spacial score (nSPS) is 7.09. The molecule has 5 heteroatoms. The van der Waals surface area contributed by atoms with Gasteiger partial charge in [-0.05, 0) is 0 Å². The van der Waals surface area contributed by atoms with Gasteiger partial charge in [-0.25, -0.2) is 9.18 Å². The molecule has 0 heterocycles. The highest BCUT2D eigenvalue weighted by Crippen LogP contribution is 1.76. The molecule has 4 nitrogen and oxygen atoms in total. The number of carbonyl (C=O) groups excluding carboxylic acids is 1. The van der Waals surface area contributed by atoms with Gasteiger partial charge in [0, 0.05) is 6.92 Å². The van der Waals surface area contributed by atoms with Gasteiger partial charge in [0.1, 0.15) is 0 Å². The van der Waals surface area contributed by atoms with Crippen LogP contribution in [0.15, 0.2) is 12.8 Å². The maximum atomic E-state index is 11.1. The molecular weight excluding hydrogens is 155 g/mol. The number of rotatable bonds is 2. The Morgan fingerprint density at radius 1 is 1.73 bits per heavy atom. The van der Waals surface area contributed by atoms with E-state index >= 15 is 0 Å². The molecule has 0 bridgehead atoms. The van der Waals surface area contributed by atoms with Gasteiger partial charge < -0.3 is 9.84 Å². The quantitative estimate of drug-likeness (QED) is 0.482. The maximum absolute atomic E-state index is 11.1. The molecule has 0 saturated heterocycles. The minimum absolute atomic E-state index is 0.833. The lowest BCUT2D eigenvalue weighted by Gasteiger charge is -1.86. The van der Waals surface area contributed by atoms with E-state index in [1.807, 2.05) is 0 Å². The number of ether oxygens (including phenoxy) is 1. The smallest absolute Gasteiger partial charge is 0.342 e. The van der Waals surface area contributed by atoms with E-state index in [2.05, 4.69) is 11.3 Å². The maximum Gasteiger partial charge on any atom is 0.342 e. The van der Waals surface area contributed by atoms with Gasteiger partial charge in [0.15, 0.2) is 6.67 Å². The summed E-state index contributed by atoms with van der Waals surface area (Å²) in [6.45, 7) is 3.03. The summed E-state index contributed by atoms with van der Waals surface area (Å²) in [5, 5.41) is 7.42. The molecular formula is C6H9FO4. The molecule has 0 unspecified atom stereocenters. The van der Waals surface area contributed by atoms with Gasteiger partial charge in [0.2, 0.25) is 0 Å². The van der Waals surface area contributed by atoms with Crippen LogP contribution >= 0.6 is 0 Å². The van der Waals surface area contributed by atoms with Gasteiger partial charge in [-0.3, -0.25) is 4.79 Å². The predicted molar refractivity (Wildman–Crippen MR) is 35.6 cm³/mol. The van der Waals surface area contributed by atoms with E-state index < -0.39 is 18.6 Å². The summed E-state index contributed by atoms with van der Waals surface area (Å²) in [5.41, 5.74) is 0. The number of alkyl halides is 1. The third-order valence-electron chi connectivity index (χ3n) is 0.324. The number of hydrogen-bond acceptors (Lipinski definition) is 3. The fraction of sp³-hybridized carbons (Fsp3) is 0.333. The number of aliphatic carboxylic acids is 1. The van der Waals surface area contributed by atoms with Gasteiger partial charge in [-0.1, -0.05) is 6.58 Å². The summed E-state index contributed by atoms with van der Waals surface area (Å²) in [6.07, 6.45) is 0.891. The minimum atomic E-state index is -1.09. The Morgan fingerprint density at radius 3 is 2.18 bits per heavy atom. The van der Waals surface area contributed by atoms with Crippen LogP contribution in [0.4, 0.5) is 4.39 Å². The van der Waals surface area contributed by atoms with Crippen molar-refractivity contribution in [3.63, 3.8) is 0 Å². The fourth-order valence-electron chi connectivity index (χ4n) is 0.124. The first kappa shape index (κ1) is 12.3. The molecule has 0 amide bonds. The first-order valence-electron chi connectivity index (χ1n) is 2.60. The summed E-state index contributed by atoms with van der Waals surface area (Å²) in [7, 11) is 0.